The molecule has 9 heteroatoms. The Morgan fingerprint density at radius 3 is 2.50 bits per heavy atom. The molecule has 3 rings (SSSR count). The Balaban J connectivity index is 1.63. The van der Waals surface area contributed by atoms with Crippen LogP contribution in [0.2, 0.25) is 0 Å². The number of carbonyl (C=O) groups excluding carboxylic acids is 1. The molecule has 0 fully saturated rings. The number of aryl methyl sites for hydroxylation is 1. The fourth-order valence-corrected chi connectivity index (χ4v) is 2.52. The highest BCUT2D eigenvalue weighted by Crippen LogP contribution is 2.19. The number of carbonyl (C=O) groups is 1. The first-order valence-corrected chi connectivity index (χ1v) is 8.51. The maximum atomic E-state index is 12.3. The molecule has 3 aromatic rings. The Morgan fingerprint density at radius 2 is 1.86 bits per heavy atom. The first-order chi connectivity index (χ1) is 13.5. The standard InChI is InChI=1S/C19H19N5O4/c1-23-17(25)8-7-15(22-23)19(27)20-9-10-24-12-21-16(11-18(24)26)13-3-5-14(28-2)6-4-13/h3-8,11-12H,9-10H2,1-2H3,(H,20,27). The lowest BCUT2D eigenvalue weighted by molar-refractivity contribution is 0.0945. The van der Waals surface area contributed by atoms with Gasteiger partial charge in [-0.1, -0.05) is 0 Å². The molecule has 0 radical (unpaired) electrons. The summed E-state index contributed by atoms with van der Waals surface area (Å²) in [5, 5.41) is 6.54. The van der Waals surface area contributed by atoms with Gasteiger partial charge in [-0.15, -0.1) is 0 Å². The van der Waals surface area contributed by atoms with Gasteiger partial charge in [-0.3, -0.25) is 19.0 Å². The van der Waals surface area contributed by atoms with Crippen LogP contribution in [-0.2, 0) is 13.6 Å². The van der Waals surface area contributed by atoms with Crippen molar-refractivity contribution in [3.05, 3.63) is 75.2 Å². The zero-order valence-corrected chi connectivity index (χ0v) is 15.5. The molecule has 1 N–H and O–H groups in total. The SMILES string of the molecule is COc1ccc(-c2cc(=O)n(CCNC(=O)c3ccc(=O)n(C)n3)cn2)cc1. The van der Waals surface area contributed by atoms with E-state index in [9.17, 15) is 14.4 Å². The highest BCUT2D eigenvalue weighted by molar-refractivity contribution is 5.91. The third kappa shape index (κ3) is 4.32. The normalized spacial score (nSPS) is 10.5. The van der Waals surface area contributed by atoms with Gasteiger partial charge in [-0.2, -0.15) is 5.10 Å². The number of benzene rings is 1. The summed E-state index contributed by atoms with van der Waals surface area (Å²) in [6.45, 7) is 0.471. The molecule has 0 atom stereocenters. The Hall–Kier alpha value is -3.75. The van der Waals surface area contributed by atoms with Gasteiger partial charge in [0.05, 0.1) is 19.1 Å². The van der Waals surface area contributed by atoms with Crippen LogP contribution in [0.4, 0.5) is 0 Å². The second kappa shape index (κ2) is 8.30. The first-order valence-electron chi connectivity index (χ1n) is 8.51. The largest absolute Gasteiger partial charge is 0.497 e. The van der Waals surface area contributed by atoms with Crippen LogP contribution in [0.1, 0.15) is 10.5 Å². The summed E-state index contributed by atoms with van der Waals surface area (Å²) < 4.78 is 7.60. The number of ether oxygens (including phenoxy) is 1. The van der Waals surface area contributed by atoms with Gasteiger partial charge in [0, 0.05) is 37.8 Å². The van der Waals surface area contributed by atoms with E-state index in [-0.39, 0.29) is 29.9 Å². The van der Waals surface area contributed by atoms with Crippen LogP contribution in [0.5, 0.6) is 5.75 Å². The van der Waals surface area contributed by atoms with Gasteiger partial charge in [0.1, 0.15) is 11.4 Å². The molecule has 28 heavy (non-hydrogen) atoms. The van der Waals surface area contributed by atoms with Crippen molar-refractivity contribution < 1.29 is 9.53 Å². The van der Waals surface area contributed by atoms with E-state index in [0.717, 1.165) is 16.0 Å². The molecule has 0 saturated carbocycles. The summed E-state index contributed by atoms with van der Waals surface area (Å²) in [5.41, 5.74) is 0.963. The van der Waals surface area contributed by atoms with Gasteiger partial charge in [-0.05, 0) is 30.3 Å². The molecule has 0 aliphatic heterocycles. The highest BCUT2D eigenvalue weighted by atomic mass is 16.5. The molecular weight excluding hydrogens is 362 g/mol. The van der Waals surface area contributed by atoms with E-state index in [1.54, 1.807) is 19.2 Å². The van der Waals surface area contributed by atoms with Crippen molar-refractivity contribution in [1.29, 1.82) is 0 Å². The highest BCUT2D eigenvalue weighted by Gasteiger charge is 2.09. The third-order valence-electron chi connectivity index (χ3n) is 4.10. The number of aromatic nitrogens is 4. The second-order valence-corrected chi connectivity index (χ2v) is 5.97. The summed E-state index contributed by atoms with van der Waals surface area (Å²) in [5.74, 6) is 0.298. The van der Waals surface area contributed by atoms with E-state index in [1.165, 1.54) is 36.1 Å². The molecule has 0 aliphatic rings. The van der Waals surface area contributed by atoms with Crippen LogP contribution in [-0.4, -0.2) is 38.9 Å². The lowest BCUT2D eigenvalue weighted by Gasteiger charge is -2.08. The maximum Gasteiger partial charge on any atom is 0.271 e. The lowest BCUT2D eigenvalue weighted by Crippen LogP contribution is -2.32. The van der Waals surface area contributed by atoms with E-state index in [0.29, 0.717) is 5.69 Å². The molecule has 1 amide bonds. The van der Waals surface area contributed by atoms with Crippen molar-refractivity contribution in [1.82, 2.24) is 24.6 Å². The van der Waals surface area contributed by atoms with Crippen molar-refractivity contribution in [3.8, 4) is 17.0 Å². The monoisotopic (exact) mass is 381 g/mol. The molecule has 2 aromatic heterocycles. The molecule has 0 spiro atoms. The Kier molecular flexibility index (Phi) is 5.64. The van der Waals surface area contributed by atoms with Crippen molar-refractivity contribution in [2.24, 2.45) is 7.05 Å². The lowest BCUT2D eigenvalue weighted by atomic mass is 10.1. The Morgan fingerprint density at radius 1 is 1.11 bits per heavy atom. The minimum atomic E-state index is -0.425. The molecule has 144 valence electrons. The van der Waals surface area contributed by atoms with Crippen molar-refractivity contribution in [2.45, 2.75) is 6.54 Å². The number of amides is 1. The number of hydrogen-bond donors (Lipinski definition) is 1. The van der Waals surface area contributed by atoms with Gasteiger partial charge in [0.2, 0.25) is 0 Å². The van der Waals surface area contributed by atoms with E-state index in [2.05, 4.69) is 15.4 Å². The smallest absolute Gasteiger partial charge is 0.271 e. The second-order valence-electron chi connectivity index (χ2n) is 5.97. The summed E-state index contributed by atoms with van der Waals surface area (Å²) in [4.78, 5) is 40.0. The van der Waals surface area contributed by atoms with Crippen molar-refractivity contribution in [2.75, 3.05) is 13.7 Å². The average Bonchev–Trinajstić information content (AvgIpc) is 2.71. The van der Waals surface area contributed by atoms with Crippen LogP contribution in [0.3, 0.4) is 0 Å². The molecule has 0 saturated heterocycles. The van der Waals surface area contributed by atoms with Crippen LogP contribution >= 0.6 is 0 Å². The van der Waals surface area contributed by atoms with E-state index in [1.807, 2.05) is 12.1 Å². The predicted octanol–water partition coefficient (Wildman–Crippen LogP) is 0.443. The molecule has 9 nitrogen and oxygen atoms in total. The van der Waals surface area contributed by atoms with Crippen molar-refractivity contribution in [3.63, 3.8) is 0 Å². The maximum absolute atomic E-state index is 12.3. The Labute approximate surface area is 160 Å². The van der Waals surface area contributed by atoms with Crippen LogP contribution in [0.25, 0.3) is 11.3 Å². The topological polar surface area (TPSA) is 108 Å². The van der Waals surface area contributed by atoms with Crippen LogP contribution < -0.4 is 21.2 Å². The quantitative estimate of drug-likeness (QED) is 0.664. The molecule has 0 unspecified atom stereocenters. The van der Waals surface area contributed by atoms with Crippen molar-refractivity contribution >= 4 is 5.91 Å². The summed E-state index contributed by atoms with van der Waals surface area (Å²) >= 11 is 0. The zero-order valence-electron chi connectivity index (χ0n) is 15.5. The summed E-state index contributed by atoms with van der Waals surface area (Å²) in [7, 11) is 3.05. The number of hydrogen-bond acceptors (Lipinski definition) is 6. The van der Waals surface area contributed by atoms with E-state index in [4.69, 9.17) is 4.74 Å². The molecule has 0 aliphatic carbocycles. The minimum Gasteiger partial charge on any atom is -0.497 e. The fraction of sp³-hybridized carbons (Fsp3) is 0.211. The first kappa shape index (κ1) is 19.0. The predicted molar refractivity (Wildman–Crippen MR) is 102 cm³/mol. The summed E-state index contributed by atoms with van der Waals surface area (Å²) in [6.07, 6.45) is 1.44. The third-order valence-corrected chi connectivity index (χ3v) is 4.10. The number of nitrogens with zero attached hydrogens (tertiary/aromatic N) is 4. The van der Waals surface area contributed by atoms with Crippen LogP contribution in [0.15, 0.2) is 58.4 Å². The van der Waals surface area contributed by atoms with Gasteiger partial charge in [0.25, 0.3) is 17.0 Å². The molecular formula is C19H19N5O4. The van der Waals surface area contributed by atoms with Gasteiger partial charge < -0.3 is 10.1 Å². The fourth-order valence-electron chi connectivity index (χ4n) is 2.52. The Bertz CT molecular complexity index is 1100. The minimum absolute atomic E-state index is 0.127. The molecule has 2 heterocycles. The molecule has 1 aromatic carbocycles. The van der Waals surface area contributed by atoms with Crippen LogP contribution in [0, 0.1) is 0 Å². The van der Waals surface area contributed by atoms with Gasteiger partial charge in [0.15, 0.2) is 0 Å². The number of rotatable bonds is 6. The van der Waals surface area contributed by atoms with E-state index < -0.39 is 5.91 Å². The zero-order chi connectivity index (χ0) is 20.1. The van der Waals surface area contributed by atoms with E-state index >= 15 is 0 Å². The number of methoxy groups -OCH3 is 1. The van der Waals surface area contributed by atoms with Gasteiger partial charge >= 0.3 is 0 Å². The van der Waals surface area contributed by atoms with Gasteiger partial charge in [-0.25, -0.2) is 9.67 Å². The summed E-state index contributed by atoms with van der Waals surface area (Å²) in [6, 6.07) is 11.3. The molecule has 0 bridgehead atoms. The average molecular weight is 381 g/mol. The number of nitrogens with one attached hydrogen (secondary N) is 1.